The van der Waals surface area contributed by atoms with Crippen molar-refractivity contribution in [3.05, 3.63) is 18.7 Å². The Hall–Kier alpha value is -0.950. The molecule has 1 aromatic rings. The molecule has 0 spiro atoms. The standard InChI is InChI=1S/C7H12N2O3S.FH/c1-8-4-5-9(7-8)3-2-6-13(10,11)12;/h4-5,7H,2-3,6H2,1H3;1H. The summed E-state index contributed by atoms with van der Waals surface area (Å²) in [4.78, 5) is 0. The van der Waals surface area contributed by atoms with Gasteiger partial charge in [-0.2, -0.15) is 8.42 Å². The van der Waals surface area contributed by atoms with Crippen molar-refractivity contribution in [3.63, 3.8) is 0 Å². The van der Waals surface area contributed by atoms with Crippen molar-refractivity contribution in [2.24, 2.45) is 7.05 Å². The zero-order valence-corrected chi connectivity index (χ0v) is 8.61. The van der Waals surface area contributed by atoms with Gasteiger partial charge in [-0.25, -0.2) is 9.13 Å². The summed E-state index contributed by atoms with van der Waals surface area (Å²) in [7, 11) is -1.92. The highest BCUT2D eigenvalue weighted by Crippen LogP contribution is 1.93. The zero-order chi connectivity index (χ0) is 9.90. The molecule has 0 radical (unpaired) electrons. The van der Waals surface area contributed by atoms with Crippen LogP contribution < -0.4 is 9.27 Å². The minimum atomic E-state index is -3.81. The van der Waals surface area contributed by atoms with Gasteiger partial charge < -0.3 is 4.70 Å². The van der Waals surface area contributed by atoms with Crippen molar-refractivity contribution in [1.29, 1.82) is 0 Å². The molecule has 0 fully saturated rings. The van der Waals surface area contributed by atoms with Crippen molar-refractivity contribution in [2.45, 2.75) is 13.0 Å². The molecule has 0 aromatic carbocycles. The van der Waals surface area contributed by atoms with E-state index in [4.69, 9.17) is 4.55 Å². The van der Waals surface area contributed by atoms with Gasteiger partial charge in [-0.05, 0) is 0 Å². The molecule has 1 N–H and O–H groups in total. The van der Waals surface area contributed by atoms with E-state index in [0.29, 0.717) is 13.0 Å². The molecular weight excluding hydrogens is 211 g/mol. The minimum Gasteiger partial charge on any atom is -1.00 e. The van der Waals surface area contributed by atoms with Crippen molar-refractivity contribution in [1.82, 2.24) is 4.57 Å². The van der Waals surface area contributed by atoms with Gasteiger partial charge in [-0.3, -0.25) is 4.55 Å². The number of nitrogens with zero attached hydrogens (tertiary/aromatic N) is 2. The van der Waals surface area contributed by atoms with E-state index in [1.807, 2.05) is 34.9 Å². The first-order valence-electron chi connectivity index (χ1n) is 3.93. The fourth-order valence-electron chi connectivity index (χ4n) is 1.06. The molecule has 0 aliphatic carbocycles. The van der Waals surface area contributed by atoms with E-state index in [1.165, 1.54) is 0 Å². The van der Waals surface area contributed by atoms with E-state index >= 15 is 0 Å². The highest BCUT2D eigenvalue weighted by Gasteiger charge is 2.06. The maximum Gasteiger partial charge on any atom is 0.265 e. The highest BCUT2D eigenvalue weighted by atomic mass is 32.2. The Labute approximate surface area is 82.1 Å². The Kier molecular flexibility index (Phi) is 4.72. The van der Waals surface area contributed by atoms with Crippen LogP contribution in [-0.2, 0) is 23.7 Å². The van der Waals surface area contributed by atoms with E-state index in [0.717, 1.165) is 0 Å². The Morgan fingerprint density at radius 2 is 2.14 bits per heavy atom. The predicted molar refractivity (Wildman–Crippen MR) is 46.6 cm³/mol. The van der Waals surface area contributed by atoms with Crippen molar-refractivity contribution >= 4 is 10.1 Å². The molecular formula is C7H13FN2O3S. The van der Waals surface area contributed by atoms with Gasteiger partial charge in [0.15, 0.2) is 0 Å². The van der Waals surface area contributed by atoms with E-state index in [9.17, 15) is 8.42 Å². The van der Waals surface area contributed by atoms with Gasteiger partial charge in [-0.1, -0.05) is 0 Å². The normalized spacial score (nSPS) is 11.0. The van der Waals surface area contributed by atoms with Gasteiger partial charge in [-0.15, -0.1) is 0 Å². The average molecular weight is 224 g/mol. The highest BCUT2D eigenvalue weighted by molar-refractivity contribution is 7.85. The van der Waals surface area contributed by atoms with Gasteiger partial charge in [0.2, 0.25) is 6.33 Å². The average Bonchev–Trinajstić information content (AvgIpc) is 2.33. The molecule has 82 valence electrons. The smallest absolute Gasteiger partial charge is 0.265 e. The number of hydrogen-bond donors (Lipinski definition) is 1. The number of aromatic nitrogens is 2. The molecule has 0 aliphatic rings. The van der Waals surface area contributed by atoms with Gasteiger partial charge in [0.05, 0.1) is 19.3 Å². The van der Waals surface area contributed by atoms with Gasteiger partial charge in [0.25, 0.3) is 10.1 Å². The Morgan fingerprint density at radius 1 is 1.50 bits per heavy atom. The topological polar surface area (TPSA) is 63.2 Å². The van der Waals surface area contributed by atoms with E-state index < -0.39 is 10.1 Å². The number of halogens is 1. The van der Waals surface area contributed by atoms with Gasteiger partial charge >= 0.3 is 0 Å². The molecule has 1 aromatic heterocycles. The van der Waals surface area contributed by atoms with Crippen LogP contribution in [0, 0.1) is 0 Å². The summed E-state index contributed by atoms with van der Waals surface area (Å²) >= 11 is 0. The molecule has 1 rings (SSSR count). The third kappa shape index (κ3) is 4.93. The molecule has 0 aliphatic heterocycles. The summed E-state index contributed by atoms with van der Waals surface area (Å²) in [6.45, 7) is 0.598. The van der Waals surface area contributed by atoms with Crippen LogP contribution in [0.4, 0.5) is 0 Å². The van der Waals surface area contributed by atoms with E-state index in [-0.39, 0.29) is 10.5 Å². The third-order valence-corrected chi connectivity index (χ3v) is 2.45. The lowest BCUT2D eigenvalue weighted by atomic mass is 10.5. The van der Waals surface area contributed by atoms with Crippen LogP contribution in [0.5, 0.6) is 0 Å². The zero-order valence-electron chi connectivity index (χ0n) is 7.80. The van der Waals surface area contributed by atoms with Crippen LogP contribution in [0.1, 0.15) is 6.42 Å². The molecule has 5 nitrogen and oxygen atoms in total. The van der Waals surface area contributed by atoms with Gasteiger partial charge in [0.1, 0.15) is 12.4 Å². The first kappa shape index (κ1) is 13.1. The summed E-state index contributed by atoms with van der Waals surface area (Å²) in [5.41, 5.74) is 0. The Balaban J connectivity index is 0.00000169. The van der Waals surface area contributed by atoms with Crippen LogP contribution in [0.2, 0.25) is 0 Å². The third-order valence-electron chi connectivity index (χ3n) is 1.64. The Morgan fingerprint density at radius 3 is 2.57 bits per heavy atom. The van der Waals surface area contributed by atoms with E-state index in [2.05, 4.69) is 0 Å². The second kappa shape index (κ2) is 5.06. The molecule has 0 atom stereocenters. The molecule has 0 bridgehead atoms. The van der Waals surface area contributed by atoms with Crippen LogP contribution in [-0.4, -0.2) is 23.3 Å². The number of aryl methyl sites for hydroxylation is 2. The second-order valence-electron chi connectivity index (χ2n) is 2.96. The molecule has 14 heavy (non-hydrogen) atoms. The molecule has 7 heteroatoms. The monoisotopic (exact) mass is 224 g/mol. The van der Waals surface area contributed by atoms with Crippen LogP contribution in [0.25, 0.3) is 0 Å². The fraction of sp³-hybridized carbons (Fsp3) is 0.571. The molecule has 1 heterocycles. The van der Waals surface area contributed by atoms with Gasteiger partial charge in [0, 0.05) is 6.42 Å². The lowest BCUT2D eigenvalue weighted by Crippen LogP contribution is -3.00. The van der Waals surface area contributed by atoms with Crippen molar-refractivity contribution in [2.75, 3.05) is 5.75 Å². The minimum absolute atomic E-state index is 0. The molecule has 0 saturated carbocycles. The number of hydrogen-bond acceptors (Lipinski definition) is 2. The van der Waals surface area contributed by atoms with Crippen LogP contribution in [0.15, 0.2) is 18.7 Å². The molecule has 0 amide bonds. The summed E-state index contributed by atoms with van der Waals surface area (Å²) in [5.74, 6) is -0.186. The molecule has 0 unspecified atom stereocenters. The fourth-order valence-corrected chi connectivity index (χ4v) is 1.56. The summed E-state index contributed by atoms with van der Waals surface area (Å²) in [6.07, 6.45) is 5.99. The predicted octanol–water partition coefficient (Wildman–Crippen LogP) is -3.41. The van der Waals surface area contributed by atoms with Crippen LogP contribution >= 0.6 is 0 Å². The first-order valence-corrected chi connectivity index (χ1v) is 5.54. The van der Waals surface area contributed by atoms with Crippen molar-refractivity contribution < 1.29 is 22.2 Å². The maximum absolute atomic E-state index is 10.4. The number of rotatable bonds is 4. The largest absolute Gasteiger partial charge is 1.00 e. The first-order chi connectivity index (χ1) is 5.97. The summed E-state index contributed by atoms with van der Waals surface area (Å²) in [5, 5.41) is 0. The molecule has 0 saturated heterocycles. The SMILES string of the molecule is C[n+]1ccn(CCCS(=O)(=O)O)c1.[F-]. The second-order valence-corrected chi connectivity index (χ2v) is 4.53. The number of imidazole rings is 1. The quantitative estimate of drug-likeness (QED) is 0.428. The summed E-state index contributed by atoms with van der Waals surface area (Å²) in [6, 6.07) is 0. The lowest BCUT2D eigenvalue weighted by molar-refractivity contribution is -0.671. The lowest BCUT2D eigenvalue weighted by Gasteiger charge is -1.94. The maximum atomic E-state index is 10.4. The van der Waals surface area contributed by atoms with E-state index in [1.54, 1.807) is 0 Å². The van der Waals surface area contributed by atoms with Crippen molar-refractivity contribution in [3.8, 4) is 0 Å². The Bertz CT molecular complexity index is 374. The van der Waals surface area contributed by atoms with Crippen LogP contribution in [0.3, 0.4) is 0 Å². The summed E-state index contributed by atoms with van der Waals surface area (Å²) < 4.78 is 32.9.